The van der Waals surface area contributed by atoms with Crippen molar-refractivity contribution in [3.05, 3.63) is 18.2 Å². The summed E-state index contributed by atoms with van der Waals surface area (Å²) in [7, 11) is 1.03. The van der Waals surface area contributed by atoms with E-state index in [1.807, 2.05) is 23.6 Å². The number of rotatable bonds is 6. The van der Waals surface area contributed by atoms with Crippen LogP contribution in [0.5, 0.6) is 0 Å². The molecule has 7 nitrogen and oxygen atoms in total. The van der Waals surface area contributed by atoms with Crippen molar-refractivity contribution >= 4 is 11.9 Å². The molecule has 1 saturated heterocycles. The molecule has 1 fully saturated rings. The SMILES string of the molecule is COC(CNC(=NCC(C)C)N1CCN(c2ncc(F)cn2)CC1)C(F)(F)F. The second-order valence-corrected chi connectivity index (χ2v) is 6.88. The minimum atomic E-state index is -4.45. The number of hydrogen-bond acceptors (Lipinski definition) is 5. The average molecular weight is 406 g/mol. The van der Waals surface area contributed by atoms with E-state index in [-0.39, 0.29) is 5.92 Å². The van der Waals surface area contributed by atoms with Gasteiger partial charge in [-0.2, -0.15) is 13.2 Å². The van der Waals surface area contributed by atoms with Crippen molar-refractivity contribution in [2.24, 2.45) is 10.9 Å². The van der Waals surface area contributed by atoms with Crippen LogP contribution in [0.3, 0.4) is 0 Å². The van der Waals surface area contributed by atoms with Crippen LogP contribution < -0.4 is 10.2 Å². The molecule has 1 aliphatic rings. The number of alkyl halides is 3. The molecule has 1 aliphatic heterocycles. The first-order valence-corrected chi connectivity index (χ1v) is 9.06. The first-order chi connectivity index (χ1) is 13.2. The highest BCUT2D eigenvalue weighted by Gasteiger charge is 2.40. The van der Waals surface area contributed by atoms with E-state index in [9.17, 15) is 17.6 Å². The molecule has 0 amide bonds. The lowest BCUT2D eigenvalue weighted by Gasteiger charge is -2.37. The molecule has 0 radical (unpaired) electrons. The fourth-order valence-corrected chi connectivity index (χ4v) is 2.64. The summed E-state index contributed by atoms with van der Waals surface area (Å²) >= 11 is 0. The summed E-state index contributed by atoms with van der Waals surface area (Å²) in [5.41, 5.74) is 0. The monoisotopic (exact) mass is 406 g/mol. The highest BCUT2D eigenvalue weighted by atomic mass is 19.4. The van der Waals surface area contributed by atoms with Crippen LogP contribution in [0.1, 0.15) is 13.8 Å². The predicted molar refractivity (Wildman–Crippen MR) is 97.8 cm³/mol. The van der Waals surface area contributed by atoms with Crippen LogP contribution in [0, 0.1) is 11.7 Å². The van der Waals surface area contributed by atoms with E-state index in [0.29, 0.717) is 44.6 Å². The number of aliphatic imine (C=N–C) groups is 1. The van der Waals surface area contributed by atoms with Gasteiger partial charge in [0.1, 0.15) is 0 Å². The zero-order valence-electron chi connectivity index (χ0n) is 16.2. The molecule has 1 aromatic heterocycles. The normalized spacial score (nSPS) is 17.2. The van der Waals surface area contributed by atoms with Gasteiger partial charge in [0, 0.05) is 39.8 Å². The van der Waals surface area contributed by atoms with Gasteiger partial charge in [-0.05, 0) is 5.92 Å². The number of halogens is 4. The van der Waals surface area contributed by atoms with Gasteiger partial charge in [0.05, 0.1) is 18.9 Å². The van der Waals surface area contributed by atoms with Crippen molar-refractivity contribution < 1.29 is 22.3 Å². The Balaban J connectivity index is 2.00. The van der Waals surface area contributed by atoms with Gasteiger partial charge in [-0.3, -0.25) is 4.99 Å². The van der Waals surface area contributed by atoms with Crippen molar-refractivity contribution in [3.8, 4) is 0 Å². The molecule has 1 atom stereocenters. The van der Waals surface area contributed by atoms with Crippen LogP contribution in [0.25, 0.3) is 0 Å². The Bertz CT molecular complexity index is 630. The molecule has 1 N–H and O–H groups in total. The maximum atomic E-state index is 13.0. The molecule has 1 unspecified atom stereocenters. The fourth-order valence-electron chi connectivity index (χ4n) is 2.64. The van der Waals surface area contributed by atoms with E-state index < -0.39 is 24.6 Å². The Kier molecular flexibility index (Phi) is 7.78. The number of piperazine rings is 1. The molecule has 0 saturated carbocycles. The Morgan fingerprint density at radius 1 is 1.21 bits per heavy atom. The third-order valence-electron chi connectivity index (χ3n) is 4.17. The van der Waals surface area contributed by atoms with Crippen molar-refractivity contribution in [2.45, 2.75) is 26.1 Å². The first kappa shape index (κ1) is 22.1. The quantitative estimate of drug-likeness (QED) is 0.442. The van der Waals surface area contributed by atoms with Crippen LogP contribution >= 0.6 is 0 Å². The van der Waals surface area contributed by atoms with Gasteiger partial charge in [0.2, 0.25) is 5.95 Å². The number of anilines is 1. The van der Waals surface area contributed by atoms with Crippen LogP contribution in [0.2, 0.25) is 0 Å². The first-order valence-electron chi connectivity index (χ1n) is 9.06. The smallest absolute Gasteiger partial charge is 0.370 e. The van der Waals surface area contributed by atoms with Gasteiger partial charge < -0.3 is 19.9 Å². The van der Waals surface area contributed by atoms with Crippen LogP contribution in [-0.4, -0.2) is 79.5 Å². The summed E-state index contributed by atoms with van der Waals surface area (Å²) in [5.74, 6) is 0.601. The molecule has 2 heterocycles. The molecule has 1 aromatic rings. The summed E-state index contributed by atoms with van der Waals surface area (Å²) in [6, 6.07) is 0. The number of ether oxygens (including phenoxy) is 1. The highest BCUT2D eigenvalue weighted by molar-refractivity contribution is 5.80. The second kappa shape index (κ2) is 9.85. The summed E-state index contributed by atoms with van der Waals surface area (Å²) in [6.07, 6.45) is -4.16. The minimum Gasteiger partial charge on any atom is -0.370 e. The number of aromatic nitrogens is 2. The van der Waals surface area contributed by atoms with Crippen molar-refractivity contribution in [1.82, 2.24) is 20.2 Å². The number of guanidine groups is 1. The molecule has 0 bridgehead atoms. The molecule has 28 heavy (non-hydrogen) atoms. The summed E-state index contributed by atoms with van der Waals surface area (Å²) < 4.78 is 56.3. The summed E-state index contributed by atoms with van der Waals surface area (Å²) in [4.78, 5) is 16.2. The van der Waals surface area contributed by atoms with Crippen LogP contribution in [0.15, 0.2) is 17.4 Å². The predicted octanol–water partition coefficient (Wildman–Crippen LogP) is 1.92. The second-order valence-electron chi connectivity index (χ2n) is 6.88. The number of methoxy groups -OCH3 is 1. The number of nitrogens with zero attached hydrogens (tertiary/aromatic N) is 5. The van der Waals surface area contributed by atoms with Crippen molar-refractivity contribution in [1.29, 1.82) is 0 Å². The maximum absolute atomic E-state index is 13.0. The largest absolute Gasteiger partial charge is 0.416 e. The van der Waals surface area contributed by atoms with Crippen LogP contribution in [0.4, 0.5) is 23.5 Å². The van der Waals surface area contributed by atoms with E-state index in [2.05, 4.69) is 25.0 Å². The van der Waals surface area contributed by atoms with E-state index in [4.69, 9.17) is 0 Å². The lowest BCUT2D eigenvalue weighted by atomic mass is 10.2. The fraction of sp³-hybridized carbons (Fsp3) is 0.706. The van der Waals surface area contributed by atoms with Crippen LogP contribution in [-0.2, 0) is 4.74 Å². The minimum absolute atomic E-state index is 0.270. The van der Waals surface area contributed by atoms with E-state index in [1.54, 1.807) is 0 Å². The molecular weight excluding hydrogens is 380 g/mol. The van der Waals surface area contributed by atoms with Gasteiger partial charge in [0.15, 0.2) is 17.9 Å². The Morgan fingerprint density at radius 2 is 1.82 bits per heavy atom. The van der Waals surface area contributed by atoms with Gasteiger partial charge in [-0.1, -0.05) is 13.8 Å². The zero-order valence-corrected chi connectivity index (χ0v) is 16.2. The number of hydrogen-bond donors (Lipinski definition) is 1. The highest BCUT2D eigenvalue weighted by Crippen LogP contribution is 2.22. The van der Waals surface area contributed by atoms with Gasteiger partial charge in [-0.15, -0.1) is 0 Å². The molecule has 0 spiro atoms. The lowest BCUT2D eigenvalue weighted by molar-refractivity contribution is -0.209. The van der Waals surface area contributed by atoms with E-state index in [1.165, 1.54) is 0 Å². The molecule has 158 valence electrons. The lowest BCUT2D eigenvalue weighted by Crippen LogP contribution is -2.54. The van der Waals surface area contributed by atoms with Crippen molar-refractivity contribution in [2.75, 3.05) is 51.3 Å². The van der Waals surface area contributed by atoms with Gasteiger partial charge in [0.25, 0.3) is 0 Å². The van der Waals surface area contributed by atoms with Gasteiger partial charge >= 0.3 is 6.18 Å². The summed E-state index contributed by atoms with van der Waals surface area (Å²) in [5, 5.41) is 2.80. The van der Waals surface area contributed by atoms with E-state index >= 15 is 0 Å². The summed E-state index contributed by atoms with van der Waals surface area (Å²) in [6.45, 7) is 6.17. The third kappa shape index (κ3) is 6.47. The average Bonchev–Trinajstić information content (AvgIpc) is 2.64. The molecular formula is C17H26F4N6O. The van der Waals surface area contributed by atoms with Gasteiger partial charge in [-0.25, -0.2) is 14.4 Å². The molecule has 2 rings (SSSR count). The Morgan fingerprint density at radius 3 is 2.32 bits per heavy atom. The third-order valence-corrected chi connectivity index (χ3v) is 4.17. The molecule has 0 aliphatic carbocycles. The molecule has 0 aromatic carbocycles. The maximum Gasteiger partial charge on any atom is 0.416 e. The van der Waals surface area contributed by atoms with E-state index in [0.717, 1.165) is 19.5 Å². The molecule has 11 heteroatoms. The van der Waals surface area contributed by atoms with Crippen molar-refractivity contribution in [3.63, 3.8) is 0 Å². The zero-order chi connectivity index (χ0) is 20.7. The topological polar surface area (TPSA) is 65.9 Å². The Hall–Kier alpha value is -2.17. The Labute approximate surface area is 161 Å². The number of nitrogens with one attached hydrogen (secondary N) is 1. The standard InChI is InChI=1S/C17H26F4N6O/c1-12(2)8-22-15(25-11-14(28-3)17(19,20)21)26-4-6-27(7-5-26)16-23-9-13(18)10-24-16/h9-10,12,14H,4-8,11H2,1-3H3,(H,22,25).